The van der Waals surface area contributed by atoms with E-state index >= 15 is 0 Å². The van der Waals surface area contributed by atoms with Crippen molar-refractivity contribution < 1.29 is 0 Å². The summed E-state index contributed by atoms with van der Waals surface area (Å²) < 4.78 is 2.49. The molecule has 0 aliphatic heterocycles. The highest BCUT2D eigenvalue weighted by atomic mass is 15.1. The van der Waals surface area contributed by atoms with Crippen LogP contribution >= 0.6 is 0 Å². The van der Waals surface area contributed by atoms with Gasteiger partial charge in [-0.3, -0.25) is 0 Å². The van der Waals surface area contributed by atoms with Crippen molar-refractivity contribution in [2.45, 2.75) is 19.3 Å². The molecule has 0 saturated carbocycles. The lowest BCUT2D eigenvalue weighted by Crippen LogP contribution is -2.14. The molecule has 0 atom stereocenters. The smallest absolute Gasteiger partial charge is 0.0619 e. The van der Waals surface area contributed by atoms with Gasteiger partial charge in [-0.25, -0.2) is 0 Å². The summed E-state index contributed by atoms with van der Waals surface area (Å²) in [6.07, 6.45) is 0. The van der Waals surface area contributed by atoms with E-state index in [1.807, 2.05) is 0 Å². The minimum atomic E-state index is -0.0846. The second kappa shape index (κ2) is 12.1. The van der Waals surface area contributed by atoms with E-state index in [2.05, 4.69) is 217 Å². The maximum Gasteiger partial charge on any atom is 0.0619 e. The van der Waals surface area contributed by atoms with Gasteiger partial charge >= 0.3 is 0 Å². The van der Waals surface area contributed by atoms with Crippen LogP contribution in [0.25, 0.3) is 71.3 Å². The normalized spacial score (nSPS) is 13.1. The number of aromatic nitrogens is 1. The lowest BCUT2D eigenvalue weighted by molar-refractivity contribution is 0.661. The second-order valence-corrected chi connectivity index (χ2v) is 15.4. The fraction of sp³-hybridized carbons (Fsp3) is 0.0566. The van der Waals surface area contributed by atoms with E-state index < -0.39 is 0 Å². The van der Waals surface area contributed by atoms with Crippen LogP contribution in [0.15, 0.2) is 194 Å². The van der Waals surface area contributed by atoms with Crippen molar-refractivity contribution in [3.8, 4) is 27.9 Å². The number of para-hydroxylation sites is 2. The lowest BCUT2D eigenvalue weighted by atomic mass is 9.82. The van der Waals surface area contributed by atoms with Crippen LogP contribution in [0.4, 0.5) is 17.1 Å². The number of benzene rings is 9. The Balaban J connectivity index is 1.10. The Hall–Kier alpha value is -6.90. The number of anilines is 3. The average Bonchev–Trinajstić information content (AvgIpc) is 3.68. The fourth-order valence-electron chi connectivity index (χ4n) is 9.21. The predicted molar refractivity (Wildman–Crippen MR) is 233 cm³/mol. The molecule has 0 bridgehead atoms. The molecule has 9 aromatic carbocycles. The zero-order chi connectivity index (χ0) is 36.7. The number of rotatable bonds is 5. The Morgan fingerprint density at radius 3 is 1.67 bits per heavy atom. The molecular formula is C53H38N2. The summed E-state index contributed by atoms with van der Waals surface area (Å²) in [4.78, 5) is 2.38. The van der Waals surface area contributed by atoms with E-state index in [0.29, 0.717) is 0 Å². The van der Waals surface area contributed by atoms with Gasteiger partial charge in [-0.2, -0.15) is 0 Å². The first-order valence-electron chi connectivity index (χ1n) is 19.2. The van der Waals surface area contributed by atoms with E-state index in [-0.39, 0.29) is 5.41 Å². The topological polar surface area (TPSA) is 8.17 Å². The summed E-state index contributed by atoms with van der Waals surface area (Å²) in [5, 5.41) is 7.46. The Bertz CT molecular complexity index is 3030. The van der Waals surface area contributed by atoms with Crippen molar-refractivity contribution in [3.63, 3.8) is 0 Å². The molecule has 10 aromatic rings. The van der Waals surface area contributed by atoms with Crippen molar-refractivity contribution in [1.82, 2.24) is 4.57 Å². The van der Waals surface area contributed by atoms with Gasteiger partial charge in [0.2, 0.25) is 0 Å². The van der Waals surface area contributed by atoms with E-state index in [0.717, 1.165) is 17.1 Å². The monoisotopic (exact) mass is 702 g/mol. The standard InChI is InChI=1S/C53H38N2/c1-53(2)49-22-11-10-19-45(49)47-33-48-46-21-12-20-44(52(46)55(51(48)34-50(47)53)40-17-4-3-5-18-40)37-25-27-41(28-26-37)54(42-29-23-35-13-6-8-15-38(35)31-42)43-30-24-36-14-7-9-16-39(36)32-43/h3-34H,1-2H3. The zero-order valence-corrected chi connectivity index (χ0v) is 30.9. The molecule has 0 unspecified atom stereocenters. The first-order valence-corrected chi connectivity index (χ1v) is 19.2. The first-order chi connectivity index (χ1) is 27.0. The van der Waals surface area contributed by atoms with Crippen LogP contribution in [-0.2, 0) is 5.41 Å². The van der Waals surface area contributed by atoms with Gasteiger partial charge < -0.3 is 9.47 Å². The maximum absolute atomic E-state index is 2.49. The molecule has 260 valence electrons. The highest BCUT2D eigenvalue weighted by Crippen LogP contribution is 2.51. The summed E-state index contributed by atoms with van der Waals surface area (Å²) in [5.74, 6) is 0. The molecule has 0 N–H and O–H groups in total. The van der Waals surface area contributed by atoms with Crippen LogP contribution in [0.1, 0.15) is 25.0 Å². The van der Waals surface area contributed by atoms with E-state index in [1.54, 1.807) is 0 Å². The summed E-state index contributed by atoms with van der Waals surface area (Å²) in [6.45, 7) is 4.73. The highest BCUT2D eigenvalue weighted by molar-refractivity contribution is 6.15. The predicted octanol–water partition coefficient (Wildman–Crippen LogP) is 14.5. The van der Waals surface area contributed by atoms with Crippen molar-refractivity contribution in [2.24, 2.45) is 0 Å². The molecule has 0 spiro atoms. The summed E-state index contributed by atoms with van der Waals surface area (Å²) in [5.41, 5.74) is 14.8. The Morgan fingerprint density at radius 2 is 0.982 bits per heavy atom. The van der Waals surface area contributed by atoms with Gasteiger partial charge in [0.25, 0.3) is 0 Å². The van der Waals surface area contributed by atoms with Crippen molar-refractivity contribution in [2.75, 3.05) is 4.90 Å². The van der Waals surface area contributed by atoms with Crippen LogP contribution in [-0.4, -0.2) is 4.57 Å². The van der Waals surface area contributed by atoms with Crippen LogP contribution in [0.3, 0.4) is 0 Å². The maximum atomic E-state index is 2.49. The molecule has 55 heavy (non-hydrogen) atoms. The molecule has 0 fully saturated rings. The van der Waals surface area contributed by atoms with Gasteiger partial charge in [0.05, 0.1) is 11.0 Å². The molecule has 0 amide bonds. The van der Waals surface area contributed by atoms with Crippen LogP contribution < -0.4 is 4.90 Å². The third kappa shape index (κ3) is 4.88. The average molecular weight is 703 g/mol. The van der Waals surface area contributed by atoms with Crippen LogP contribution in [0.2, 0.25) is 0 Å². The largest absolute Gasteiger partial charge is 0.310 e. The quantitative estimate of drug-likeness (QED) is 0.173. The molecule has 1 heterocycles. The minimum Gasteiger partial charge on any atom is -0.310 e. The Morgan fingerprint density at radius 1 is 0.400 bits per heavy atom. The number of hydrogen-bond donors (Lipinski definition) is 0. The Labute approximate surface area is 321 Å². The molecule has 11 rings (SSSR count). The van der Waals surface area contributed by atoms with E-state index in [4.69, 9.17) is 0 Å². The molecule has 1 aliphatic rings. The van der Waals surface area contributed by atoms with Gasteiger partial charge in [0.1, 0.15) is 0 Å². The SMILES string of the molecule is CC1(C)c2ccccc2-c2cc3c4cccc(-c5ccc(N(c6ccc7ccccc7c6)c6ccc7ccccc7c6)cc5)c4n(-c4ccccc4)c3cc21. The lowest BCUT2D eigenvalue weighted by Gasteiger charge is -2.26. The third-order valence-corrected chi connectivity index (χ3v) is 11.9. The third-order valence-electron chi connectivity index (χ3n) is 11.9. The molecular weight excluding hydrogens is 665 g/mol. The van der Waals surface area contributed by atoms with Gasteiger partial charge in [0.15, 0.2) is 0 Å². The Kier molecular flexibility index (Phi) is 6.93. The van der Waals surface area contributed by atoms with Gasteiger partial charge in [0, 0.05) is 44.5 Å². The number of fused-ring (bicyclic) bond motifs is 8. The van der Waals surface area contributed by atoms with Crippen LogP contribution in [0.5, 0.6) is 0 Å². The number of nitrogens with zero attached hydrogens (tertiary/aromatic N) is 2. The van der Waals surface area contributed by atoms with Crippen LogP contribution in [0, 0.1) is 0 Å². The summed E-state index contributed by atoms with van der Waals surface area (Å²) in [7, 11) is 0. The van der Waals surface area contributed by atoms with E-state index in [9.17, 15) is 0 Å². The van der Waals surface area contributed by atoms with Gasteiger partial charge in [-0.1, -0.05) is 147 Å². The van der Waals surface area contributed by atoms with Gasteiger partial charge in [-0.15, -0.1) is 0 Å². The van der Waals surface area contributed by atoms with E-state index in [1.165, 1.54) is 82.4 Å². The molecule has 2 nitrogen and oxygen atoms in total. The molecule has 1 aromatic heterocycles. The molecule has 0 radical (unpaired) electrons. The molecule has 0 saturated heterocycles. The zero-order valence-electron chi connectivity index (χ0n) is 30.9. The number of hydrogen-bond acceptors (Lipinski definition) is 1. The van der Waals surface area contributed by atoms with Crippen molar-refractivity contribution in [1.29, 1.82) is 0 Å². The van der Waals surface area contributed by atoms with Crippen molar-refractivity contribution >= 4 is 60.4 Å². The summed E-state index contributed by atoms with van der Waals surface area (Å²) in [6, 6.07) is 71.4. The highest BCUT2D eigenvalue weighted by Gasteiger charge is 2.36. The molecule has 1 aliphatic carbocycles. The minimum absolute atomic E-state index is 0.0846. The first kappa shape index (κ1) is 31.6. The second-order valence-electron chi connectivity index (χ2n) is 15.4. The summed E-state index contributed by atoms with van der Waals surface area (Å²) >= 11 is 0. The fourth-order valence-corrected chi connectivity index (χ4v) is 9.21. The van der Waals surface area contributed by atoms with Crippen molar-refractivity contribution in [3.05, 3.63) is 205 Å². The molecule has 2 heteroatoms. The van der Waals surface area contributed by atoms with Gasteiger partial charge in [-0.05, 0) is 110 Å².